The first-order chi connectivity index (χ1) is 12.6. The lowest BCUT2D eigenvalue weighted by Gasteiger charge is -2.09. The molecule has 134 valence electrons. The van der Waals surface area contributed by atoms with Crippen molar-refractivity contribution in [3.05, 3.63) is 59.0 Å². The van der Waals surface area contributed by atoms with E-state index >= 15 is 0 Å². The summed E-state index contributed by atoms with van der Waals surface area (Å²) in [7, 11) is 0. The second-order valence-corrected chi connectivity index (χ2v) is 6.84. The van der Waals surface area contributed by atoms with Gasteiger partial charge >= 0.3 is 0 Å². The molecule has 0 amide bonds. The van der Waals surface area contributed by atoms with Crippen LogP contribution in [0.2, 0.25) is 0 Å². The summed E-state index contributed by atoms with van der Waals surface area (Å²) in [6, 6.07) is 15.4. The van der Waals surface area contributed by atoms with Crippen LogP contribution in [0.4, 0.5) is 10.8 Å². The number of anilines is 2. The van der Waals surface area contributed by atoms with Crippen molar-refractivity contribution in [2.24, 2.45) is 0 Å². The van der Waals surface area contributed by atoms with Crippen molar-refractivity contribution in [2.75, 3.05) is 11.9 Å². The van der Waals surface area contributed by atoms with Gasteiger partial charge < -0.3 is 20.0 Å². The zero-order valence-electron chi connectivity index (χ0n) is 14.6. The van der Waals surface area contributed by atoms with Gasteiger partial charge in [-0.25, -0.2) is 4.98 Å². The Kier molecular flexibility index (Phi) is 5.53. The summed E-state index contributed by atoms with van der Waals surface area (Å²) in [6.45, 7) is 4.49. The number of rotatable bonds is 7. The van der Waals surface area contributed by atoms with Gasteiger partial charge in [-0.2, -0.15) is 0 Å². The van der Waals surface area contributed by atoms with Gasteiger partial charge in [0.2, 0.25) is 0 Å². The van der Waals surface area contributed by atoms with Gasteiger partial charge in [0.25, 0.3) is 0 Å². The van der Waals surface area contributed by atoms with Crippen molar-refractivity contribution in [2.45, 2.75) is 20.3 Å². The van der Waals surface area contributed by atoms with Gasteiger partial charge in [-0.3, -0.25) is 0 Å². The maximum Gasteiger partial charge on any atom is 0.188 e. The van der Waals surface area contributed by atoms with E-state index in [4.69, 9.17) is 4.74 Å². The molecule has 0 aliphatic rings. The summed E-state index contributed by atoms with van der Waals surface area (Å²) >= 11 is 1.31. The molecule has 3 rings (SSSR count). The number of hydrogen-bond donors (Lipinski definition) is 1. The topological polar surface area (TPSA) is 74.3 Å². The molecule has 6 heteroatoms. The Labute approximate surface area is 156 Å². The number of thiazole rings is 1. The highest BCUT2D eigenvalue weighted by Gasteiger charge is 2.15. The highest BCUT2D eigenvalue weighted by Crippen LogP contribution is 2.35. The average molecular weight is 367 g/mol. The number of benzene rings is 2. The number of nitrogens with zero attached hydrogens (tertiary/aromatic N) is 1. The zero-order valence-corrected chi connectivity index (χ0v) is 15.4. The molecule has 0 atom stereocenters. The fourth-order valence-electron chi connectivity index (χ4n) is 2.56. The van der Waals surface area contributed by atoms with Gasteiger partial charge in [0, 0.05) is 22.8 Å². The molecule has 0 aliphatic carbocycles. The third kappa shape index (κ3) is 4.21. The maximum atomic E-state index is 11.1. The van der Waals surface area contributed by atoms with E-state index in [2.05, 4.69) is 10.3 Å². The number of carboxylic acids is 1. The lowest BCUT2D eigenvalue weighted by Crippen LogP contribution is -2.24. The molecule has 0 bridgehead atoms. The van der Waals surface area contributed by atoms with E-state index in [-0.39, 0.29) is 6.42 Å². The van der Waals surface area contributed by atoms with Gasteiger partial charge in [-0.1, -0.05) is 42.0 Å². The molecule has 26 heavy (non-hydrogen) atoms. The summed E-state index contributed by atoms with van der Waals surface area (Å²) in [4.78, 5) is 16.4. The highest BCUT2D eigenvalue weighted by molar-refractivity contribution is 7.16. The van der Waals surface area contributed by atoms with Gasteiger partial charge in [-0.15, -0.1) is 11.3 Å². The summed E-state index contributed by atoms with van der Waals surface area (Å²) in [6.07, 6.45) is -0.171. The second kappa shape index (κ2) is 8.01. The van der Waals surface area contributed by atoms with Crippen molar-refractivity contribution in [1.29, 1.82) is 0 Å². The van der Waals surface area contributed by atoms with Crippen molar-refractivity contribution >= 4 is 28.1 Å². The van der Waals surface area contributed by atoms with Gasteiger partial charge in [0.05, 0.1) is 18.0 Å². The number of ether oxygens (including phenoxy) is 1. The summed E-state index contributed by atoms with van der Waals surface area (Å²) in [5.41, 5.74) is 3.47. The third-order valence-corrected chi connectivity index (χ3v) is 4.73. The van der Waals surface area contributed by atoms with Gasteiger partial charge in [0.15, 0.2) is 5.13 Å². The fraction of sp³-hybridized carbons (Fsp3) is 0.200. The largest absolute Gasteiger partial charge is 0.550 e. The number of aliphatic carboxylic acids is 1. The maximum absolute atomic E-state index is 11.1. The van der Waals surface area contributed by atoms with Crippen LogP contribution in [0.5, 0.6) is 5.75 Å². The van der Waals surface area contributed by atoms with E-state index in [1.165, 1.54) is 11.3 Å². The Morgan fingerprint density at radius 3 is 2.62 bits per heavy atom. The number of nitrogens with one attached hydrogen (secondary N) is 1. The Balaban J connectivity index is 1.96. The average Bonchev–Trinajstić information content (AvgIpc) is 2.99. The van der Waals surface area contributed by atoms with Crippen LogP contribution in [0.3, 0.4) is 0 Å². The Morgan fingerprint density at radius 1 is 1.19 bits per heavy atom. The van der Waals surface area contributed by atoms with E-state index in [0.717, 1.165) is 22.6 Å². The monoisotopic (exact) mass is 367 g/mol. The van der Waals surface area contributed by atoms with Crippen LogP contribution in [0.15, 0.2) is 48.5 Å². The van der Waals surface area contributed by atoms with E-state index in [1.807, 2.05) is 62.4 Å². The molecular formula is C20H19N2O3S-. The van der Waals surface area contributed by atoms with Crippen LogP contribution < -0.4 is 15.2 Å². The van der Waals surface area contributed by atoms with Crippen molar-refractivity contribution in [3.63, 3.8) is 0 Å². The number of aromatic nitrogens is 1. The Hall–Kier alpha value is -2.86. The molecule has 0 unspecified atom stereocenters. The second-order valence-electron chi connectivity index (χ2n) is 5.76. The zero-order chi connectivity index (χ0) is 18.5. The first kappa shape index (κ1) is 17.9. The standard InChI is InChI=1S/C20H20N2O3S/c1-3-25-16-7-5-4-6-15(16)21-20-22-19(17(26-20)12-18(23)24)14-10-8-13(2)9-11-14/h4-11H,3,12H2,1-2H3,(H,21,22)(H,23,24)/p-1. The number of carbonyl (C=O) groups excluding carboxylic acids is 1. The molecular weight excluding hydrogens is 348 g/mol. The first-order valence-corrected chi connectivity index (χ1v) is 9.14. The lowest BCUT2D eigenvalue weighted by molar-refractivity contribution is -0.304. The quantitative estimate of drug-likeness (QED) is 0.691. The van der Waals surface area contributed by atoms with E-state index in [0.29, 0.717) is 22.3 Å². The molecule has 0 aliphatic heterocycles. The van der Waals surface area contributed by atoms with Crippen LogP contribution in [0.25, 0.3) is 11.3 Å². The van der Waals surface area contributed by atoms with Gasteiger partial charge in [-0.05, 0) is 26.0 Å². The molecule has 0 radical (unpaired) electrons. The summed E-state index contributed by atoms with van der Waals surface area (Å²) in [5.74, 6) is -0.396. The minimum absolute atomic E-state index is 0.171. The highest BCUT2D eigenvalue weighted by atomic mass is 32.1. The molecule has 1 heterocycles. The SMILES string of the molecule is CCOc1ccccc1Nc1nc(-c2ccc(C)cc2)c(CC(=O)[O-])s1. The van der Waals surface area contributed by atoms with E-state index in [9.17, 15) is 9.90 Å². The van der Waals surface area contributed by atoms with Crippen LogP contribution in [0.1, 0.15) is 17.4 Å². The molecule has 0 saturated heterocycles. The minimum atomic E-state index is -1.12. The molecule has 2 aromatic carbocycles. The van der Waals surface area contributed by atoms with Gasteiger partial charge in [0.1, 0.15) is 5.75 Å². The molecule has 3 aromatic rings. The van der Waals surface area contributed by atoms with Crippen LogP contribution >= 0.6 is 11.3 Å². The number of carbonyl (C=O) groups is 1. The molecule has 1 N–H and O–H groups in total. The molecule has 1 aromatic heterocycles. The first-order valence-electron chi connectivity index (χ1n) is 8.32. The smallest absolute Gasteiger partial charge is 0.188 e. The normalized spacial score (nSPS) is 10.5. The number of carboxylic acid groups (broad SMARTS) is 1. The Morgan fingerprint density at radius 2 is 1.92 bits per heavy atom. The number of aryl methyl sites for hydroxylation is 1. The lowest BCUT2D eigenvalue weighted by atomic mass is 10.1. The van der Waals surface area contributed by atoms with E-state index in [1.54, 1.807) is 0 Å². The molecule has 0 fully saturated rings. The molecule has 0 saturated carbocycles. The van der Waals surface area contributed by atoms with Crippen LogP contribution in [0, 0.1) is 6.92 Å². The molecule has 5 nitrogen and oxygen atoms in total. The fourth-order valence-corrected chi connectivity index (χ4v) is 3.54. The third-order valence-electron chi connectivity index (χ3n) is 3.76. The molecule has 0 spiro atoms. The number of para-hydroxylation sites is 2. The van der Waals surface area contributed by atoms with Crippen LogP contribution in [-0.4, -0.2) is 17.6 Å². The van der Waals surface area contributed by atoms with Crippen LogP contribution in [-0.2, 0) is 11.2 Å². The van der Waals surface area contributed by atoms with E-state index < -0.39 is 5.97 Å². The predicted octanol–water partition coefficient (Wildman–Crippen LogP) is 3.55. The van der Waals surface area contributed by atoms with Crippen molar-refractivity contribution in [3.8, 4) is 17.0 Å². The predicted molar refractivity (Wildman–Crippen MR) is 102 cm³/mol. The van der Waals surface area contributed by atoms with Crippen molar-refractivity contribution < 1.29 is 14.6 Å². The summed E-state index contributed by atoms with van der Waals surface area (Å²) < 4.78 is 5.62. The number of hydrogen-bond acceptors (Lipinski definition) is 6. The minimum Gasteiger partial charge on any atom is -0.550 e. The Bertz CT molecular complexity index is 904. The van der Waals surface area contributed by atoms with Crippen molar-refractivity contribution in [1.82, 2.24) is 4.98 Å². The summed E-state index contributed by atoms with van der Waals surface area (Å²) in [5, 5.41) is 15.0.